The smallest absolute Gasteiger partial charge is 0.336 e. The van der Waals surface area contributed by atoms with Crippen LogP contribution in [0.25, 0.3) is 0 Å². The van der Waals surface area contributed by atoms with Crippen LogP contribution in [0.15, 0.2) is 91.0 Å². The number of hydrogen-bond donors (Lipinski definition) is 2. The van der Waals surface area contributed by atoms with Gasteiger partial charge in [0.05, 0.1) is 0 Å². The van der Waals surface area contributed by atoms with Crippen LogP contribution in [0.5, 0.6) is 0 Å². The summed E-state index contributed by atoms with van der Waals surface area (Å²) in [7, 11) is 0. The number of nitrogens with one attached hydrogen (secondary N) is 1. The predicted molar refractivity (Wildman–Crippen MR) is 104 cm³/mol. The molecule has 3 aromatic rings. The van der Waals surface area contributed by atoms with Crippen molar-refractivity contribution in [3.8, 4) is 0 Å². The summed E-state index contributed by atoms with van der Waals surface area (Å²) in [6.45, 7) is 0. The first-order chi connectivity index (χ1) is 13.6. The average Bonchev–Trinajstić information content (AvgIpc) is 3.55. The minimum absolute atomic E-state index is 0.455. The van der Waals surface area contributed by atoms with Gasteiger partial charge in [-0.1, -0.05) is 91.0 Å². The Labute approximate surface area is 162 Å². The molecule has 1 aliphatic rings. The van der Waals surface area contributed by atoms with Crippen molar-refractivity contribution in [3.63, 3.8) is 0 Å². The summed E-state index contributed by atoms with van der Waals surface area (Å²) < 4.78 is 5.08. The van der Waals surface area contributed by atoms with Crippen molar-refractivity contribution >= 4 is 11.9 Å². The van der Waals surface area contributed by atoms with E-state index in [-0.39, 0.29) is 0 Å². The first kappa shape index (κ1) is 17.9. The van der Waals surface area contributed by atoms with Gasteiger partial charge in [-0.05, 0) is 16.7 Å². The molecule has 28 heavy (non-hydrogen) atoms. The highest BCUT2D eigenvalue weighted by atomic mass is 16.6. The van der Waals surface area contributed by atoms with Crippen molar-refractivity contribution in [1.82, 2.24) is 5.32 Å². The van der Waals surface area contributed by atoms with E-state index in [2.05, 4.69) is 5.32 Å². The normalized spacial score (nSPS) is 18.3. The van der Waals surface area contributed by atoms with Gasteiger partial charge in [0.2, 0.25) is 0 Å². The maximum Gasteiger partial charge on any atom is 0.336 e. The van der Waals surface area contributed by atoms with Gasteiger partial charge in [-0.15, -0.1) is 0 Å². The summed E-state index contributed by atoms with van der Waals surface area (Å²) in [5.41, 5.74) is 1.63. The average molecular weight is 373 g/mol. The maximum atomic E-state index is 13.0. The molecule has 0 spiro atoms. The number of epoxide rings is 1. The molecule has 1 amide bonds. The van der Waals surface area contributed by atoms with Crippen LogP contribution in [0.1, 0.15) is 16.7 Å². The lowest BCUT2D eigenvalue weighted by Crippen LogP contribution is -2.49. The summed E-state index contributed by atoms with van der Waals surface area (Å²) in [5.74, 6) is -1.59. The van der Waals surface area contributed by atoms with Crippen LogP contribution in [0.2, 0.25) is 0 Å². The molecule has 0 aromatic heterocycles. The molecule has 2 N–H and O–H groups in total. The second-order valence-corrected chi connectivity index (χ2v) is 6.65. The second-order valence-electron chi connectivity index (χ2n) is 6.65. The highest BCUT2D eigenvalue weighted by Crippen LogP contribution is 2.37. The van der Waals surface area contributed by atoms with Gasteiger partial charge < -0.3 is 15.2 Å². The fourth-order valence-electron chi connectivity index (χ4n) is 3.54. The third-order valence-electron chi connectivity index (χ3n) is 4.92. The zero-order valence-corrected chi connectivity index (χ0v) is 15.0. The van der Waals surface area contributed by atoms with E-state index in [1.54, 1.807) is 0 Å². The molecule has 0 aliphatic carbocycles. The van der Waals surface area contributed by atoms with E-state index in [9.17, 15) is 9.59 Å². The van der Waals surface area contributed by atoms with Gasteiger partial charge in [-0.2, -0.15) is 0 Å². The van der Waals surface area contributed by atoms with Crippen molar-refractivity contribution < 1.29 is 19.4 Å². The highest BCUT2D eigenvalue weighted by molar-refractivity contribution is 5.93. The molecule has 4 rings (SSSR count). The van der Waals surface area contributed by atoms with Crippen molar-refractivity contribution in [1.29, 1.82) is 0 Å². The Balaban J connectivity index is 1.86. The molecule has 1 saturated heterocycles. The fraction of sp³-hybridized carbons (Fsp3) is 0.130. The van der Waals surface area contributed by atoms with Gasteiger partial charge in [0.25, 0.3) is 5.91 Å². The van der Waals surface area contributed by atoms with Crippen LogP contribution in [-0.2, 0) is 19.9 Å². The molecule has 140 valence electrons. The SMILES string of the molecule is O=C(O)C1OC1C(=O)NC(c1ccccc1)(c1ccccc1)c1ccccc1. The van der Waals surface area contributed by atoms with Gasteiger partial charge in [0.1, 0.15) is 5.54 Å². The predicted octanol–water partition coefficient (Wildman–Crippen LogP) is 2.95. The number of carbonyl (C=O) groups excluding carboxylic acids is 1. The summed E-state index contributed by atoms with van der Waals surface area (Å²) in [6, 6.07) is 28.9. The lowest BCUT2D eigenvalue weighted by Gasteiger charge is -2.36. The Morgan fingerprint density at radius 1 is 0.714 bits per heavy atom. The van der Waals surface area contributed by atoms with Gasteiger partial charge in [0, 0.05) is 0 Å². The first-order valence-electron chi connectivity index (χ1n) is 9.00. The quantitative estimate of drug-likeness (QED) is 0.514. The largest absolute Gasteiger partial charge is 0.479 e. The Bertz CT molecular complexity index is 877. The first-order valence-corrected chi connectivity index (χ1v) is 9.00. The standard InChI is InChI=1S/C23H19NO4/c25-21(19-20(28-19)22(26)27)24-23(16-10-4-1-5-11-16,17-12-6-2-7-13-17)18-14-8-3-9-15-18/h1-15,19-20H,(H,24,25)(H,26,27). The molecular formula is C23H19NO4. The lowest BCUT2D eigenvalue weighted by atomic mass is 9.77. The third-order valence-corrected chi connectivity index (χ3v) is 4.92. The third kappa shape index (κ3) is 3.17. The highest BCUT2D eigenvalue weighted by Gasteiger charge is 2.53. The Hall–Kier alpha value is -3.44. The number of carboxylic acid groups (broad SMARTS) is 1. The molecule has 0 bridgehead atoms. The number of hydrogen-bond acceptors (Lipinski definition) is 3. The van der Waals surface area contributed by atoms with E-state index in [0.717, 1.165) is 16.7 Å². The van der Waals surface area contributed by atoms with Gasteiger partial charge in [-0.3, -0.25) is 4.79 Å². The number of aliphatic carboxylic acids is 1. The Kier molecular flexibility index (Phi) is 4.67. The Morgan fingerprint density at radius 2 is 1.11 bits per heavy atom. The van der Waals surface area contributed by atoms with Gasteiger partial charge >= 0.3 is 5.97 Å². The minimum Gasteiger partial charge on any atom is -0.479 e. The van der Waals surface area contributed by atoms with E-state index >= 15 is 0 Å². The van der Waals surface area contributed by atoms with Crippen molar-refractivity contribution in [2.75, 3.05) is 0 Å². The molecule has 1 aliphatic heterocycles. The topological polar surface area (TPSA) is 78.9 Å². The summed E-state index contributed by atoms with van der Waals surface area (Å²) in [5, 5.41) is 12.2. The summed E-state index contributed by atoms with van der Waals surface area (Å²) in [4.78, 5) is 24.1. The van der Waals surface area contributed by atoms with E-state index in [4.69, 9.17) is 9.84 Å². The molecule has 2 unspecified atom stereocenters. The minimum atomic E-state index is -1.13. The summed E-state index contributed by atoms with van der Waals surface area (Å²) in [6.07, 6.45) is -2.09. The molecule has 5 nitrogen and oxygen atoms in total. The van der Waals surface area contributed by atoms with E-state index in [0.29, 0.717) is 0 Å². The van der Waals surface area contributed by atoms with E-state index in [1.807, 2.05) is 91.0 Å². The zero-order chi connectivity index (χ0) is 19.6. The molecule has 1 heterocycles. The van der Waals surface area contributed by atoms with Crippen LogP contribution < -0.4 is 5.32 Å². The van der Waals surface area contributed by atoms with Crippen LogP contribution in [0, 0.1) is 0 Å². The second kappa shape index (κ2) is 7.29. The molecule has 0 saturated carbocycles. The van der Waals surface area contributed by atoms with Crippen molar-refractivity contribution in [2.45, 2.75) is 17.7 Å². The van der Waals surface area contributed by atoms with E-state index < -0.39 is 29.6 Å². The van der Waals surface area contributed by atoms with E-state index in [1.165, 1.54) is 0 Å². The number of benzene rings is 3. The van der Waals surface area contributed by atoms with Gasteiger partial charge in [-0.25, -0.2) is 4.79 Å². The van der Waals surface area contributed by atoms with Crippen LogP contribution >= 0.6 is 0 Å². The summed E-state index contributed by atoms with van der Waals surface area (Å²) >= 11 is 0. The van der Waals surface area contributed by atoms with Crippen LogP contribution in [-0.4, -0.2) is 29.2 Å². The van der Waals surface area contributed by atoms with Crippen LogP contribution in [0.4, 0.5) is 0 Å². The molecule has 3 aromatic carbocycles. The fourth-order valence-corrected chi connectivity index (χ4v) is 3.54. The monoisotopic (exact) mass is 373 g/mol. The molecule has 5 heteroatoms. The number of carboxylic acids is 1. The number of amides is 1. The lowest BCUT2D eigenvalue weighted by molar-refractivity contribution is -0.138. The number of carbonyl (C=O) groups is 2. The molecule has 0 radical (unpaired) electrons. The van der Waals surface area contributed by atoms with Gasteiger partial charge in [0.15, 0.2) is 12.2 Å². The maximum absolute atomic E-state index is 13.0. The Morgan fingerprint density at radius 3 is 1.43 bits per heavy atom. The number of ether oxygens (including phenoxy) is 1. The zero-order valence-electron chi connectivity index (χ0n) is 15.0. The molecular weight excluding hydrogens is 354 g/mol. The van der Waals surface area contributed by atoms with Crippen molar-refractivity contribution in [2.24, 2.45) is 0 Å². The molecule has 2 atom stereocenters. The number of rotatable bonds is 6. The molecule has 1 fully saturated rings. The van der Waals surface area contributed by atoms with Crippen molar-refractivity contribution in [3.05, 3.63) is 108 Å². The van der Waals surface area contributed by atoms with Crippen LogP contribution in [0.3, 0.4) is 0 Å².